The number of rotatable bonds is 7. The fourth-order valence-electron chi connectivity index (χ4n) is 5.06. The molecule has 1 aliphatic heterocycles. The summed E-state index contributed by atoms with van der Waals surface area (Å²) >= 11 is 0. The Labute approximate surface area is 203 Å². The minimum atomic E-state index is 0. The lowest BCUT2D eigenvalue weighted by molar-refractivity contribution is 0.238. The van der Waals surface area contributed by atoms with Crippen LogP contribution in [0, 0.1) is 0 Å². The summed E-state index contributed by atoms with van der Waals surface area (Å²) in [6.45, 7) is 4.18. The second kappa shape index (κ2) is 10.9. The fraction of sp³-hybridized carbons (Fsp3) is 0.310. The van der Waals surface area contributed by atoms with E-state index in [1.807, 2.05) is 0 Å². The van der Waals surface area contributed by atoms with Gasteiger partial charge in [-0.3, -0.25) is 4.90 Å². The molecular formula is C29H32ClNO2. The molecule has 4 heteroatoms. The summed E-state index contributed by atoms with van der Waals surface area (Å²) in [6.07, 6.45) is 4.63. The zero-order valence-corrected chi connectivity index (χ0v) is 20.1. The number of methoxy groups -OCH3 is 1. The van der Waals surface area contributed by atoms with Gasteiger partial charge in [0.15, 0.2) is 0 Å². The van der Waals surface area contributed by atoms with Gasteiger partial charge in [-0.2, -0.15) is 0 Å². The minimum Gasteiger partial charge on any atom is -0.496 e. The maximum absolute atomic E-state index is 6.05. The Kier molecular flexibility index (Phi) is 7.74. The first-order chi connectivity index (χ1) is 15.8. The van der Waals surface area contributed by atoms with Crippen molar-refractivity contribution in [2.75, 3.05) is 33.4 Å². The third kappa shape index (κ3) is 5.10. The van der Waals surface area contributed by atoms with Crippen LogP contribution in [0.1, 0.15) is 41.5 Å². The van der Waals surface area contributed by atoms with E-state index in [1.54, 1.807) is 7.11 Å². The van der Waals surface area contributed by atoms with Gasteiger partial charge >= 0.3 is 0 Å². The number of nitrogens with zero attached hydrogens (tertiary/aromatic N) is 1. The van der Waals surface area contributed by atoms with Gasteiger partial charge in [-0.1, -0.05) is 54.6 Å². The lowest BCUT2D eigenvalue weighted by Gasteiger charge is -2.26. The molecule has 33 heavy (non-hydrogen) atoms. The van der Waals surface area contributed by atoms with Crippen molar-refractivity contribution in [1.82, 2.24) is 4.90 Å². The van der Waals surface area contributed by atoms with Crippen LogP contribution < -0.4 is 9.47 Å². The molecule has 1 heterocycles. The summed E-state index contributed by atoms with van der Waals surface area (Å²) in [4.78, 5) is 2.48. The van der Waals surface area contributed by atoms with Gasteiger partial charge in [-0.15, -0.1) is 12.4 Å². The maximum Gasteiger partial charge on any atom is 0.122 e. The summed E-state index contributed by atoms with van der Waals surface area (Å²) in [6, 6.07) is 25.8. The first-order valence-electron chi connectivity index (χ1n) is 11.7. The van der Waals surface area contributed by atoms with E-state index in [-0.39, 0.29) is 12.4 Å². The number of halogens is 1. The van der Waals surface area contributed by atoms with Crippen LogP contribution in [-0.2, 0) is 6.42 Å². The Balaban J connectivity index is 0.00000259. The molecule has 1 fully saturated rings. The molecule has 2 aliphatic rings. The smallest absolute Gasteiger partial charge is 0.122 e. The summed E-state index contributed by atoms with van der Waals surface area (Å²) in [5, 5.41) is 0. The highest BCUT2D eigenvalue weighted by Crippen LogP contribution is 2.43. The second-order valence-electron chi connectivity index (χ2n) is 8.63. The highest BCUT2D eigenvalue weighted by molar-refractivity contribution is 6.01. The molecule has 0 N–H and O–H groups in total. The molecule has 3 nitrogen and oxygen atoms in total. The summed E-state index contributed by atoms with van der Waals surface area (Å²) in [5.74, 6) is 1.92. The normalized spacial score (nSPS) is 15.7. The Morgan fingerprint density at radius 1 is 0.788 bits per heavy atom. The molecule has 0 bridgehead atoms. The van der Waals surface area contributed by atoms with Crippen molar-refractivity contribution in [3.63, 3.8) is 0 Å². The fourth-order valence-corrected chi connectivity index (χ4v) is 5.06. The van der Waals surface area contributed by atoms with E-state index in [0.717, 1.165) is 37.5 Å². The van der Waals surface area contributed by atoms with Crippen LogP contribution in [-0.4, -0.2) is 38.3 Å². The van der Waals surface area contributed by atoms with Crippen LogP contribution in [0.5, 0.6) is 11.5 Å². The number of hydrogen-bond acceptors (Lipinski definition) is 3. The van der Waals surface area contributed by atoms with Crippen molar-refractivity contribution < 1.29 is 9.47 Å². The quantitative estimate of drug-likeness (QED) is 0.401. The lowest BCUT2D eigenvalue weighted by atomic mass is 9.79. The van der Waals surface area contributed by atoms with E-state index < -0.39 is 0 Å². The number of hydrogen-bond donors (Lipinski definition) is 0. The van der Waals surface area contributed by atoms with Gasteiger partial charge in [0.1, 0.15) is 18.1 Å². The van der Waals surface area contributed by atoms with Gasteiger partial charge in [0, 0.05) is 12.1 Å². The van der Waals surface area contributed by atoms with Crippen molar-refractivity contribution in [1.29, 1.82) is 0 Å². The highest BCUT2D eigenvalue weighted by Gasteiger charge is 2.23. The summed E-state index contributed by atoms with van der Waals surface area (Å²) in [5.41, 5.74) is 7.80. The molecule has 0 radical (unpaired) electrons. The number of allylic oxidation sites excluding steroid dienone is 1. The molecule has 172 valence electrons. The minimum absolute atomic E-state index is 0. The van der Waals surface area contributed by atoms with Gasteiger partial charge in [-0.25, -0.2) is 0 Å². The van der Waals surface area contributed by atoms with Crippen LogP contribution in [0.2, 0.25) is 0 Å². The highest BCUT2D eigenvalue weighted by atomic mass is 35.5. The Morgan fingerprint density at radius 3 is 2.27 bits per heavy atom. The van der Waals surface area contributed by atoms with Crippen LogP contribution >= 0.6 is 12.4 Å². The number of benzene rings is 3. The Morgan fingerprint density at radius 2 is 1.55 bits per heavy atom. The first kappa shape index (κ1) is 23.4. The zero-order valence-electron chi connectivity index (χ0n) is 19.3. The van der Waals surface area contributed by atoms with Crippen molar-refractivity contribution in [3.05, 3.63) is 95.1 Å². The molecule has 1 saturated heterocycles. The van der Waals surface area contributed by atoms with E-state index in [4.69, 9.17) is 9.47 Å². The van der Waals surface area contributed by atoms with E-state index in [9.17, 15) is 0 Å². The van der Waals surface area contributed by atoms with Crippen LogP contribution in [0.15, 0.2) is 72.8 Å². The number of likely N-dealkylation sites (tertiary alicyclic amines) is 1. The van der Waals surface area contributed by atoms with Gasteiger partial charge in [0.05, 0.1) is 7.11 Å². The number of fused-ring (bicyclic) bond motifs is 1. The third-order valence-electron chi connectivity index (χ3n) is 6.69. The van der Waals surface area contributed by atoms with Crippen LogP contribution in [0.25, 0.3) is 11.1 Å². The topological polar surface area (TPSA) is 21.7 Å². The average molecular weight is 462 g/mol. The van der Waals surface area contributed by atoms with Crippen molar-refractivity contribution in [3.8, 4) is 11.5 Å². The first-order valence-corrected chi connectivity index (χ1v) is 11.7. The molecule has 0 saturated carbocycles. The monoisotopic (exact) mass is 461 g/mol. The van der Waals surface area contributed by atoms with Gasteiger partial charge in [0.25, 0.3) is 0 Å². The number of ether oxygens (including phenoxy) is 2. The molecule has 5 rings (SSSR count). The molecule has 0 atom stereocenters. The third-order valence-corrected chi connectivity index (χ3v) is 6.69. The van der Waals surface area contributed by atoms with Crippen LogP contribution in [0.4, 0.5) is 0 Å². The Hall–Kier alpha value is -2.75. The molecule has 1 aliphatic carbocycles. The van der Waals surface area contributed by atoms with Gasteiger partial charge in [-0.05, 0) is 84.8 Å². The molecular weight excluding hydrogens is 430 g/mol. The summed E-state index contributed by atoms with van der Waals surface area (Å²) in [7, 11) is 1.76. The Bertz CT molecular complexity index is 1090. The van der Waals surface area contributed by atoms with E-state index in [2.05, 4.69) is 77.7 Å². The van der Waals surface area contributed by atoms with Gasteiger partial charge in [0.2, 0.25) is 0 Å². The average Bonchev–Trinajstić information content (AvgIpc) is 3.37. The van der Waals surface area contributed by atoms with Crippen molar-refractivity contribution >= 4 is 23.6 Å². The molecule has 3 aromatic carbocycles. The zero-order chi connectivity index (χ0) is 21.8. The molecule has 0 unspecified atom stereocenters. The van der Waals surface area contributed by atoms with Crippen LogP contribution in [0.3, 0.4) is 0 Å². The standard InChI is InChI=1S/C29H31NO2.ClH/c1-31-28-11-7-10-27-26(28)17-16-25(22-8-3-2-4-9-22)29(27)23-12-14-24(15-13-23)32-21-20-30-18-5-6-19-30;/h2-4,7-15H,5-6,16-21H2,1H3;1H. The maximum atomic E-state index is 6.05. The van der Waals surface area contributed by atoms with E-state index in [1.165, 1.54) is 59.3 Å². The van der Waals surface area contributed by atoms with E-state index in [0.29, 0.717) is 0 Å². The van der Waals surface area contributed by atoms with Crippen molar-refractivity contribution in [2.24, 2.45) is 0 Å². The summed E-state index contributed by atoms with van der Waals surface area (Å²) < 4.78 is 11.7. The lowest BCUT2D eigenvalue weighted by Crippen LogP contribution is -2.25. The molecule has 0 spiro atoms. The largest absolute Gasteiger partial charge is 0.496 e. The van der Waals surface area contributed by atoms with E-state index >= 15 is 0 Å². The molecule has 0 amide bonds. The van der Waals surface area contributed by atoms with Gasteiger partial charge < -0.3 is 9.47 Å². The second-order valence-corrected chi connectivity index (χ2v) is 8.63. The molecule has 3 aromatic rings. The predicted octanol–water partition coefficient (Wildman–Crippen LogP) is 6.50. The SMILES string of the molecule is COc1cccc2c1CCC(c1ccccc1)=C2c1ccc(OCCN2CCCC2)cc1.Cl. The predicted molar refractivity (Wildman–Crippen MR) is 139 cm³/mol. The van der Waals surface area contributed by atoms with Crippen molar-refractivity contribution in [2.45, 2.75) is 25.7 Å². The molecule has 0 aromatic heterocycles.